The summed E-state index contributed by atoms with van der Waals surface area (Å²) in [7, 11) is -2.30. The Balaban J connectivity index is 2.66. The van der Waals surface area contributed by atoms with E-state index < -0.39 is 27.3 Å². The third kappa shape index (κ3) is 3.40. The fraction of sp³-hybridized carbons (Fsp3) is 0.778. The molecule has 0 bridgehead atoms. The molecule has 17 heavy (non-hydrogen) atoms. The molecule has 1 fully saturated rings. The summed E-state index contributed by atoms with van der Waals surface area (Å²) in [6, 6.07) is -0.413. The molecular formula is C9H16N2O5S. The Bertz CT molecular complexity index is 419. The number of sulfonamides is 1. The topological polar surface area (TPSA) is 104 Å². The largest absolute Gasteiger partial charge is 0.480 e. The smallest absolute Gasteiger partial charge is 0.323 e. The van der Waals surface area contributed by atoms with Crippen LogP contribution in [0, 0.1) is 0 Å². The van der Waals surface area contributed by atoms with Crippen molar-refractivity contribution in [3.8, 4) is 0 Å². The predicted octanol–water partition coefficient (Wildman–Crippen LogP) is -1.00. The second-order valence-corrected chi connectivity index (χ2v) is 6.19. The Hall–Kier alpha value is -1.15. The molecule has 1 amide bonds. The van der Waals surface area contributed by atoms with E-state index in [9.17, 15) is 18.0 Å². The van der Waals surface area contributed by atoms with Gasteiger partial charge >= 0.3 is 5.97 Å². The molecule has 0 spiro atoms. The molecule has 0 aliphatic carbocycles. The van der Waals surface area contributed by atoms with Crippen LogP contribution >= 0.6 is 0 Å². The van der Waals surface area contributed by atoms with Crippen LogP contribution in [0.15, 0.2) is 0 Å². The van der Waals surface area contributed by atoms with Crippen LogP contribution in [0.25, 0.3) is 0 Å². The van der Waals surface area contributed by atoms with Crippen molar-refractivity contribution in [1.29, 1.82) is 0 Å². The van der Waals surface area contributed by atoms with E-state index in [0.717, 1.165) is 6.92 Å². The van der Waals surface area contributed by atoms with Crippen LogP contribution in [-0.4, -0.2) is 55.2 Å². The van der Waals surface area contributed by atoms with Gasteiger partial charge in [0.25, 0.3) is 0 Å². The molecule has 0 saturated carbocycles. The van der Waals surface area contributed by atoms with Gasteiger partial charge in [-0.25, -0.2) is 13.1 Å². The van der Waals surface area contributed by atoms with Crippen molar-refractivity contribution in [2.45, 2.75) is 31.1 Å². The molecule has 1 saturated heterocycles. The maximum Gasteiger partial charge on any atom is 0.323 e. The zero-order chi connectivity index (χ0) is 13.2. The predicted molar refractivity (Wildman–Crippen MR) is 59.8 cm³/mol. The van der Waals surface area contributed by atoms with Gasteiger partial charge in [-0.05, 0) is 13.3 Å². The summed E-state index contributed by atoms with van der Waals surface area (Å²) in [5.41, 5.74) is 0. The molecule has 1 aliphatic heterocycles. The molecule has 2 atom stereocenters. The third-order valence-electron chi connectivity index (χ3n) is 2.77. The molecule has 98 valence electrons. The minimum Gasteiger partial charge on any atom is -0.480 e. The maximum atomic E-state index is 11.6. The van der Waals surface area contributed by atoms with Crippen molar-refractivity contribution in [1.82, 2.24) is 9.62 Å². The molecule has 0 aromatic rings. The number of rotatable bonds is 4. The van der Waals surface area contributed by atoms with Gasteiger partial charge < -0.3 is 10.0 Å². The van der Waals surface area contributed by atoms with Gasteiger partial charge in [0.1, 0.15) is 0 Å². The molecule has 2 N–H and O–H groups in total. The lowest BCUT2D eigenvalue weighted by atomic mass is 10.1. The number of carboxylic acid groups (broad SMARTS) is 1. The molecule has 7 nitrogen and oxygen atoms in total. The molecule has 1 rings (SSSR count). The second-order valence-electron chi connectivity index (χ2n) is 4.15. The van der Waals surface area contributed by atoms with Crippen molar-refractivity contribution < 1.29 is 23.1 Å². The Morgan fingerprint density at radius 1 is 1.59 bits per heavy atom. The summed E-state index contributed by atoms with van der Waals surface area (Å²) in [6.45, 7) is 1.38. The van der Waals surface area contributed by atoms with Gasteiger partial charge in [-0.3, -0.25) is 9.59 Å². The number of hydrogen-bond donors (Lipinski definition) is 2. The van der Waals surface area contributed by atoms with Crippen molar-refractivity contribution in [3.63, 3.8) is 0 Å². The van der Waals surface area contributed by atoms with Crippen molar-refractivity contribution in [3.05, 3.63) is 0 Å². The van der Waals surface area contributed by atoms with Gasteiger partial charge in [0.05, 0.1) is 0 Å². The minimum atomic E-state index is -3.89. The standard InChI is InChI=1S/C9H16N2O5S/c1-6(9(13)14)17(15,16)10-7-3-4-8(12)11(2)5-7/h6-7,10H,3-5H2,1-2H3,(H,13,14). The molecule has 1 heterocycles. The highest BCUT2D eigenvalue weighted by molar-refractivity contribution is 7.90. The maximum absolute atomic E-state index is 11.6. The van der Waals surface area contributed by atoms with Gasteiger partial charge in [-0.1, -0.05) is 0 Å². The van der Waals surface area contributed by atoms with E-state index in [-0.39, 0.29) is 18.9 Å². The highest BCUT2D eigenvalue weighted by atomic mass is 32.2. The average molecular weight is 264 g/mol. The fourth-order valence-electron chi connectivity index (χ4n) is 1.58. The zero-order valence-corrected chi connectivity index (χ0v) is 10.5. The van der Waals surface area contributed by atoms with Crippen LogP contribution in [0.4, 0.5) is 0 Å². The van der Waals surface area contributed by atoms with Gasteiger partial charge in [-0.2, -0.15) is 0 Å². The summed E-state index contributed by atoms with van der Waals surface area (Å²) < 4.78 is 25.6. The highest BCUT2D eigenvalue weighted by Gasteiger charge is 2.32. The number of carboxylic acids is 1. The first kappa shape index (κ1) is 13.9. The summed E-state index contributed by atoms with van der Waals surface area (Å²) in [5, 5.41) is 7.16. The molecule has 2 unspecified atom stereocenters. The van der Waals surface area contributed by atoms with E-state index in [1.807, 2.05) is 0 Å². The Morgan fingerprint density at radius 2 is 2.18 bits per heavy atom. The van der Waals surface area contributed by atoms with Crippen molar-refractivity contribution in [2.24, 2.45) is 0 Å². The quantitative estimate of drug-likeness (QED) is 0.677. The number of amides is 1. The average Bonchev–Trinajstić information content (AvgIpc) is 2.22. The molecular weight excluding hydrogens is 248 g/mol. The Kier molecular flexibility index (Phi) is 4.10. The number of carbonyl (C=O) groups is 2. The van der Waals surface area contributed by atoms with E-state index in [4.69, 9.17) is 5.11 Å². The van der Waals surface area contributed by atoms with Crippen molar-refractivity contribution in [2.75, 3.05) is 13.6 Å². The normalized spacial score (nSPS) is 23.5. The Morgan fingerprint density at radius 3 is 2.65 bits per heavy atom. The number of likely N-dealkylation sites (N-methyl/N-ethyl adjacent to an activating group) is 1. The van der Waals surface area contributed by atoms with Gasteiger partial charge in [-0.15, -0.1) is 0 Å². The highest BCUT2D eigenvalue weighted by Crippen LogP contribution is 2.12. The van der Waals surface area contributed by atoms with Gasteiger partial charge in [0.2, 0.25) is 15.9 Å². The van der Waals surface area contributed by atoms with Crippen LogP contribution in [0.1, 0.15) is 19.8 Å². The lowest BCUT2D eigenvalue weighted by molar-refractivity contribution is -0.136. The van der Waals surface area contributed by atoms with E-state index in [0.29, 0.717) is 6.42 Å². The fourth-order valence-corrected chi connectivity index (χ4v) is 2.70. The number of nitrogens with zero attached hydrogens (tertiary/aromatic N) is 1. The monoisotopic (exact) mass is 264 g/mol. The summed E-state index contributed by atoms with van der Waals surface area (Å²) >= 11 is 0. The molecule has 0 aromatic heterocycles. The molecule has 0 radical (unpaired) electrons. The Labute approximate surface area is 99.8 Å². The van der Waals surface area contributed by atoms with Crippen LogP contribution in [-0.2, 0) is 19.6 Å². The molecule has 1 aliphatic rings. The van der Waals surface area contributed by atoms with Crippen LogP contribution < -0.4 is 4.72 Å². The van der Waals surface area contributed by atoms with Crippen LogP contribution in [0.2, 0.25) is 0 Å². The second kappa shape index (κ2) is 5.01. The first-order chi connectivity index (χ1) is 7.74. The van der Waals surface area contributed by atoms with E-state index in [2.05, 4.69) is 4.72 Å². The number of aliphatic carboxylic acids is 1. The number of hydrogen-bond acceptors (Lipinski definition) is 4. The van der Waals surface area contributed by atoms with E-state index >= 15 is 0 Å². The summed E-state index contributed by atoms with van der Waals surface area (Å²) in [6.07, 6.45) is 0.667. The number of likely N-dealkylation sites (tertiary alicyclic amines) is 1. The van der Waals surface area contributed by atoms with E-state index in [1.165, 1.54) is 4.90 Å². The first-order valence-electron chi connectivity index (χ1n) is 5.22. The SMILES string of the molecule is CC(C(=O)O)S(=O)(=O)NC1CCC(=O)N(C)C1. The zero-order valence-electron chi connectivity index (χ0n) is 9.71. The molecule has 0 aromatic carbocycles. The van der Waals surface area contributed by atoms with E-state index in [1.54, 1.807) is 7.05 Å². The third-order valence-corrected chi connectivity index (χ3v) is 4.57. The number of piperidine rings is 1. The van der Waals surface area contributed by atoms with Gasteiger partial charge in [0, 0.05) is 26.1 Å². The first-order valence-corrected chi connectivity index (χ1v) is 6.76. The summed E-state index contributed by atoms with van der Waals surface area (Å²) in [5.74, 6) is -1.43. The number of nitrogens with one attached hydrogen (secondary N) is 1. The lowest BCUT2D eigenvalue weighted by Crippen LogP contribution is -2.51. The summed E-state index contributed by atoms with van der Waals surface area (Å²) in [4.78, 5) is 23.3. The van der Waals surface area contributed by atoms with Crippen LogP contribution in [0.3, 0.4) is 0 Å². The van der Waals surface area contributed by atoms with Crippen molar-refractivity contribution >= 4 is 21.9 Å². The lowest BCUT2D eigenvalue weighted by Gasteiger charge is -2.30. The van der Waals surface area contributed by atoms with Crippen LogP contribution in [0.5, 0.6) is 0 Å². The van der Waals surface area contributed by atoms with Gasteiger partial charge in [0.15, 0.2) is 5.25 Å². The minimum absolute atomic E-state index is 0.0354. The molecule has 8 heteroatoms. The number of carbonyl (C=O) groups excluding carboxylic acids is 1.